The van der Waals surface area contributed by atoms with Gasteiger partial charge in [0.05, 0.1) is 0 Å². The molecule has 0 radical (unpaired) electrons. The van der Waals surface area contributed by atoms with Gasteiger partial charge in [0.2, 0.25) is 0 Å². The Labute approximate surface area is 118 Å². The largest absolute Gasteiger partial charge is 0.411 e. The molecule has 0 aromatic heterocycles. The molecule has 1 aromatic carbocycles. The first-order chi connectivity index (χ1) is 9.40. The van der Waals surface area contributed by atoms with Crippen LogP contribution in [0.1, 0.15) is 17.5 Å². The molecule has 0 heterocycles. The standard InChI is InChI=1S/C15H22F3NO/c1-12-4-3-5-13(8-12)9-14(10-19-2)6-7-20-11-15(16,17)18/h3-5,8,14,19H,6-7,9-11H2,1-2H3. The van der Waals surface area contributed by atoms with Crippen LogP contribution in [0.2, 0.25) is 0 Å². The zero-order valence-electron chi connectivity index (χ0n) is 12.0. The van der Waals surface area contributed by atoms with E-state index in [0.29, 0.717) is 6.42 Å². The van der Waals surface area contributed by atoms with E-state index in [1.165, 1.54) is 11.1 Å². The first kappa shape index (κ1) is 17.0. The lowest BCUT2D eigenvalue weighted by atomic mass is 9.95. The van der Waals surface area contributed by atoms with Gasteiger partial charge in [-0.05, 0) is 44.8 Å². The second kappa shape index (κ2) is 8.27. The number of halogens is 3. The van der Waals surface area contributed by atoms with Crippen molar-refractivity contribution in [2.45, 2.75) is 25.9 Å². The second-order valence-electron chi connectivity index (χ2n) is 5.07. The van der Waals surface area contributed by atoms with Crippen molar-refractivity contribution in [3.05, 3.63) is 35.4 Å². The normalized spacial score (nSPS) is 13.4. The monoisotopic (exact) mass is 289 g/mol. The van der Waals surface area contributed by atoms with E-state index in [4.69, 9.17) is 0 Å². The molecule has 0 aliphatic rings. The Morgan fingerprint density at radius 1 is 1.30 bits per heavy atom. The first-order valence-corrected chi connectivity index (χ1v) is 6.75. The Hall–Kier alpha value is -1.07. The summed E-state index contributed by atoms with van der Waals surface area (Å²) in [6, 6.07) is 8.19. The first-order valence-electron chi connectivity index (χ1n) is 6.75. The third-order valence-electron chi connectivity index (χ3n) is 3.04. The van der Waals surface area contributed by atoms with Gasteiger partial charge in [0.15, 0.2) is 0 Å². The van der Waals surface area contributed by atoms with Crippen LogP contribution in [0.5, 0.6) is 0 Å². The molecular formula is C15H22F3NO. The van der Waals surface area contributed by atoms with Crippen LogP contribution in [-0.4, -0.2) is 33.0 Å². The molecule has 0 saturated carbocycles. The molecule has 0 spiro atoms. The molecule has 0 amide bonds. The molecule has 20 heavy (non-hydrogen) atoms. The average Bonchev–Trinajstić information content (AvgIpc) is 2.33. The molecule has 0 saturated heterocycles. The van der Waals surface area contributed by atoms with E-state index in [1.54, 1.807) is 0 Å². The average molecular weight is 289 g/mol. The van der Waals surface area contributed by atoms with Crippen LogP contribution in [0.3, 0.4) is 0 Å². The number of benzene rings is 1. The van der Waals surface area contributed by atoms with Crippen molar-refractivity contribution >= 4 is 0 Å². The van der Waals surface area contributed by atoms with Gasteiger partial charge in [0, 0.05) is 6.61 Å². The highest BCUT2D eigenvalue weighted by Gasteiger charge is 2.27. The Kier molecular flexibility index (Phi) is 7.02. The number of nitrogens with one attached hydrogen (secondary N) is 1. The van der Waals surface area contributed by atoms with Crippen molar-refractivity contribution in [3.63, 3.8) is 0 Å². The summed E-state index contributed by atoms with van der Waals surface area (Å²) < 4.78 is 40.6. The molecule has 0 aliphatic heterocycles. The third-order valence-corrected chi connectivity index (χ3v) is 3.04. The maximum atomic E-state index is 12.0. The van der Waals surface area contributed by atoms with Crippen molar-refractivity contribution in [1.29, 1.82) is 0 Å². The molecule has 0 aliphatic carbocycles. The molecule has 0 fully saturated rings. The highest BCUT2D eigenvalue weighted by Crippen LogP contribution is 2.16. The number of aryl methyl sites for hydroxylation is 1. The summed E-state index contributed by atoms with van der Waals surface area (Å²) >= 11 is 0. The van der Waals surface area contributed by atoms with Crippen LogP contribution in [-0.2, 0) is 11.2 Å². The Bertz CT molecular complexity index is 393. The van der Waals surface area contributed by atoms with Gasteiger partial charge in [0.1, 0.15) is 6.61 Å². The van der Waals surface area contributed by atoms with Crippen molar-refractivity contribution in [3.8, 4) is 0 Å². The summed E-state index contributed by atoms with van der Waals surface area (Å²) in [5.41, 5.74) is 2.40. The number of hydrogen-bond donors (Lipinski definition) is 1. The van der Waals surface area contributed by atoms with Crippen LogP contribution in [0.15, 0.2) is 24.3 Å². The van der Waals surface area contributed by atoms with E-state index in [0.717, 1.165) is 13.0 Å². The van der Waals surface area contributed by atoms with E-state index >= 15 is 0 Å². The molecule has 1 aromatic rings. The number of hydrogen-bond acceptors (Lipinski definition) is 2. The lowest BCUT2D eigenvalue weighted by molar-refractivity contribution is -0.174. The predicted molar refractivity (Wildman–Crippen MR) is 73.8 cm³/mol. The van der Waals surface area contributed by atoms with E-state index in [9.17, 15) is 13.2 Å². The summed E-state index contributed by atoms with van der Waals surface area (Å²) in [4.78, 5) is 0. The van der Waals surface area contributed by atoms with E-state index in [-0.39, 0.29) is 12.5 Å². The molecule has 1 rings (SSSR count). The topological polar surface area (TPSA) is 21.3 Å². The van der Waals surface area contributed by atoms with Gasteiger partial charge in [-0.25, -0.2) is 0 Å². The molecule has 5 heteroatoms. The van der Waals surface area contributed by atoms with E-state index < -0.39 is 12.8 Å². The van der Waals surface area contributed by atoms with E-state index in [2.05, 4.69) is 16.1 Å². The summed E-state index contributed by atoms with van der Waals surface area (Å²) in [7, 11) is 1.85. The molecule has 1 unspecified atom stereocenters. The van der Waals surface area contributed by atoms with Crippen molar-refractivity contribution < 1.29 is 17.9 Å². The number of alkyl halides is 3. The fraction of sp³-hybridized carbons (Fsp3) is 0.600. The fourth-order valence-electron chi connectivity index (χ4n) is 2.18. The summed E-state index contributed by atoms with van der Waals surface area (Å²) in [6.45, 7) is 1.77. The van der Waals surface area contributed by atoms with E-state index in [1.807, 2.05) is 32.2 Å². The molecule has 2 nitrogen and oxygen atoms in total. The van der Waals surface area contributed by atoms with Gasteiger partial charge >= 0.3 is 6.18 Å². The second-order valence-corrected chi connectivity index (χ2v) is 5.07. The van der Waals surface area contributed by atoms with Gasteiger partial charge < -0.3 is 10.1 Å². The van der Waals surface area contributed by atoms with Crippen molar-refractivity contribution in [1.82, 2.24) is 5.32 Å². The Morgan fingerprint density at radius 3 is 2.65 bits per heavy atom. The van der Waals surface area contributed by atoms with Gasteiger partial charge in [-0.15, -0.1) is 0 Å². The number of rotatable bonds is 8. The summed E-state index contributed by atoms with van der Waals surface area (Å²) in [6.07, 6.45) is -2.78. The van der Waals surface area contributed by atoms with Gasteiger partial charge in [-0.2, -0.15) is 13.2 Å². The predicted octanol–water partition coefficient (Wildman–Crippen LogP) is 3.34. The lowest BCUT2D eigenvalue weighted by Gasteiger charge is -2.17. The molecular weight excluding hydrogens is 267 g/mol. The zero-order valence-corrected chi connectivity index (χ0v) is 12.0. The van der Waals surface area contributed by atoms with Gasteiger partial charge in [-0.1, -0.05) is 29.8 Å². The van der Waals surface area contributed by atoms with Crippen molar-refractivity contribution in [2.24, 2.45) is 5.92 Å². The maximum Gasteiger partial charge on any atom is 0.411 e. The fourth-order valence-corrected chi connectivity index (χ4v) is 2.18. The Balaban J connectivity index is 2.40. The molecule has 1 atom stereocenters. The molecule has 114 valence electrons. The molecule has 0 bridgehead atoms. The van der Waals surface area contributed by atoms with Crippen molar-refractivity contribution in [2.75, 3.05) is 26.8 Å². The lowest BCUT2D eigenvalue weighted by Crippen LogP contribution is -2.24. The smallest absolute Gasteiger partial charge is 0.372 e. The highest BCUT2D eigenvalue weighted by molar-refractivity contribution is 5.22. The number of ether oxygens (including phenoxy) is 1. The third kappa shape index (κ3) is 7.50. The summed E-state index contributed by atoms with van der Waals surface area (Å²) in [5, 5.41) is 3.08. The van der Waals surface area contributed by atoms with Gasteiger partial charge in [0.25, 0.3) is 0 Å². The zero-order chi connectivity index (χ0) is 15.0. The van der Waals surface area contributed by atoms with Crippen LogP contribution >= 0.6 is 0 Å². The Morgan fingerprint density at radius 2 is 2.05 bits per heavy atom. The van der Waals surface area contributed by atoms with Crippen LogP contribution < -0.4 is 5.32 Å². The minimum absolute atomic E-state index is 0.137. The van der Waals surface area contributed by atoms with Crippen LogP contribution in [0.4, 0.5) is 13.2 Å². The van der Waals surface area contributed by atoms with Crippen LogP contribution in [0.25, 0.3) is 0 Å². The minimum Gasteiger partial charge on any atom is -0.372 e. The molecule has 1 N–H and O–H groups in total. The summed E-state index contributed by atoms with van der Waals surface area (Å²) in [5.74, 6) is 0.273. The quantitative estimate of drug-likeness (QED) is 0.741. The van der Waals surface area contributed by atoms with Gasteiger partial charge in [-0.3, -0.25) is 0 Å². The minimum atomic E-state index is -4.24. The highest BCUT2D eigenvalue weighted by atomic mass is 19.4. The van der Waals surface area contributed by atoms with Crippen LogP contribution in [0, 0.1) is 12.8 Å². The SMILES string of the molecule is CNCC(CCOCC(F)(F)F)Cc1cccc(C)c1. The maximum absolute atomic E-state index is 12.0.